The Labute approximate surface area is 78.6 Å². The summed E-state index contributed by atoms with van der Waals surface area (Å²) in [4.78, 5) is 0. The van der Waals surface area contributed by atoms with Crippen molar-refractivity contribution in [1.82, 2.24) is 5.32 Å². The smallest absolute Gasteiger partial charge is 0.115 e. The van der Waals surface area contributed by atoms with Gasteiger partial charge in [0.1, 0.15) is 5.75 Å². The molecule has 2 N–H and O–H groups in total. The SMILES string of the molecule is CCc1cc(O)ccc1C1CCN1. The van der Waals surface area contributed by atoms with Gasteiger partial charge in [0.15, 0.2) is 0 Å². The highest BCUT2D eigenvalue weighted by molar-refractivity contribution is 5.37. The van der Waals surface area contributed by atoms with Crippen LogP contribution in [-0.2, 0) is 6.42 Å². The number of nitrogens with one attached hydrogen (secondary N) is 1. The molecule has 1 saturated heterocycles. The maximum atomic E-state index is 9.32. The van der Waals surface area contributed by atoms with Gasteiger partial charge in [0.2, 0.25) is 0 Å². The summed E-state index contributed by atoms with van der Waals surface area (Å²) < 4.78 is 0. The van der Waals surface area contributed by atoms with Crippen LogP contribution in [0.3, 0.4) is 0 Å². The van der Waals surface area contributed by atoms with Gasteiger partial charge in [0.05, 0.1) is 0 Å². The molecule has 0 aliphatic carbocycles. The standard InChI is InChI=1S/C11H15NO/c1-2-8-7-9(13)3-4-10(8)11-5-6-12-11/h3-4,7,11-13H,2,5-6H2,1H3. The summed E-state index contributed by atoms with van der Waals surface area (Å²) in [5.41, 5.74) is 2.61. The first-order valence-corrected chi connectivity index (χ1v) is 4.86. The van der Waals surface area contributed by atoms with Gasteiger partial charge in [-0.2, -0.15) is 0 Å². The topological polar surface area (TPSA) is 32.3 Å². The second-order valence-corrected chi connectivity index (χ2v) is 3.53. The summed E-state index contributed by atoms with van der Waals surface area (Å²) in [5.74, 6) is 0.375. The average Bonchev–Trinajstić information content (AvgIpc) is 2.05. The molecule has 0 aromatic heterocycles. The number of aromatic hydroxyl groups is 1. The molecule has 0 bridgehead atoms. The maximum Gasteiger partial charge on any atom is 0.115 e. The van der Waals surface area contributed by atoms with Crippen molar-refractivity contribution in [3.05, 3.63) is 29.3 Å². The lowest BCUT2D eigenvalue weighted by molar-refractivity contribution is 0.380. The molecule has 1 fully saturated rings. The Bertz CT molecular complexity index is 305. The molecule has 1 unspecified atom stereocenters. The lowest BCUT2D eigenvalue weighted by Gasteiger charge is -2.29. The van der Waals surface area contributed by atoms with Crippen LogP contribution in [-0.4, -0.2) is 11.7 Å². The summed E-state index contributed by atoms with van der Waals surface area (Å²) in [7, 11) is 0. The Morgan fingerprint density at radius 3 is 2.85 bits per heavy atom. The lowest BCUT2D eigenvalue weighted by Crippen LogP contribution is -2.35. The predicted octanol–water partition coefficient (Wildman–Crippen LogP) is 1.99. The van der Waals surface area contributed by atoms with Crippen molar-refractivity contribution in [2.24, 2.45) is 0 Å². The minimum absolute atomic E-state index is 0.375. The summed E-state index contributed by atoms with van der Waals surface area (Å²) in [6, 6.07) is 6.20. The zero-order valence-corrected chi connectivity index (χ0v) is 7.88. The van der Waals surface area contributed by atoms with E-state index < -0.39 is 0 Å². The van der Waals surface area contributed by atoms with Gasteiger partial charge in [-0.1, -0.05) is 13.0 Å². The van der Waals surface area contributed by atoms with Gasteiger partial charge in [-0.25, -0.2) is 0 Å². The molecule has 1 atom stereocenters. The van der Waals surface area contributed by atoms with Gasteiger partial charge in [0.25, 0.3) is 0 Å². The largest absolute Gasteiger partial charge is 0.508 e. The highest BCUT2D eigenvalue weighted by Crippen LogP contribution is 2.28. The molecule has 1 aliphatic heterocycles. The van der Waals surface area contributed by atoms with Crippen molar-refractivity contribution in [3.8, 4) is 5.75 Å². The molecular weight excluding hydrogens is 162 g/mol. The van der Waals surface area contributed by atoms with E-state index in [1.54, 1.807) is 6.07 Å². The third-order valence-electron chi connectivity index (χ3n) is 2.71. The van der Waals surface area contributed by atoms with Crippen LogP contribution in [0.1, 0.15) is 30.5 Å². The zero-order chi connectivity index (χ0) is 9.26. The second kappa shape index (κ2) is 3.38. The highest BCUT2D eigenvalue weighted by Gasteiger charge is 2.20. The molecule has 70 valence electrons. The number of hydrogen-bond acceptors (Lipinski definition) is 2. The number of aryl methyl sites for hydroxylation is 1. The summed E-state index contributed by atoms with van der Waals surface area (Å²) in [5, 5.41) is 12.7. The van der Waals surface area contributed by atoms with E-state index in [9.17, 15) is 5.11 Å². The first kappa shape index (κ1) is 8.57. The molecule has 0 amide bonds. The van der Waals surface area contributed by atoms with Gasteiger partial charge in [-0.15, -0.1) is 0 Å². The Hall–Kier alpha value is -1.02. The molecule has 1 aliphatic rings. The van der Waals surface area contributed by atoms with Crippen LogP contribution in [0, 0.1) is 0 Å². The fraction of sp³-hybridized carbons (Fsp3) is 0.455. The molecule has 0 spiro atoms. The van der Waals surface area contributed by atoms with Crippen molar-refractivity contribution in [1.29, 1.82) is 0 Å². The van der Waals surface area contributed by atoms with E-state index in [-0.39, 0.29) is 0 Å². The van der Waals surface area contributed by atoms with Crippen LogP contribution in [0.25, 0.3) is 0 Å². The van der Waals surface area contributed by atoms with Gasteiger partial charge >= 0.3 is 0 Å². The molecule has 1 aromatic rings. The van der Waals surface area contributed by atoms with Crippen molar-refractivity contribution in [2.75, 3.05) is 6.54 Å². The summed E-state index contributed by atoms with van der Waals surface area (Å²) >= 11 is 0. The monoisotopic (exact) mass is 177 g/mol. The average molecular weight is 177 g/mol. The van der Waals surface area contributed by atoms with E-state index in [0.717, 1.165) is 13.0 Å². The Morgan fingerprint density at radius 1 is 1.54 bits per heavy atom. The van der Waals surface area contributed by atoms with Crippen LogP contribution < -0.4 is 5.32 Å². The summed E-state index contributed by atoms with van der Waals surface area (Å²) in [6.07, 6.45) is 2.21. The first-order chi connectivity index (χ1) is 6.31. The van der Waals surface area contributed by atoms with E-state index in [0.29, 0.717) is 11.8 Å². The molecule has 1 heterocycles. The third kappa shape index (κ3) is 1.54. The zero-order valence-electron chi connectivity index (χ0n) is 7.88. The van der Waals surface area contributed by atoms with Crippen molar-refractivity contribution in [3.63, 3.8) is 0 Å². The second-order valence-electron chi connectivity index (χ2n) is 3.53. The minimum Gasteiger partial charge on any atom is -0.508 e. The number of hydrogen-bond donors (Lipinski definition) is 2. The normalized spacial score (nSPS) is 21.2. The van der Waals surface area contributed by atoms with Gasteiger partial charge < -0.3 is 10.4 Å². The highest BCUT2D eigenvalue weighted by atomic mass is 16.3. The van der Waals surface area contributed by atoms with E-state index in [1.165, 1.54) is 17.5 Å². The van der Waals surface area contributed by atoms with Crippen LogP contribution >= 0.6 is 0 Å². The molecule has 13 heavy (non-hydrogen) atoms. The van der Waals surface area contributed by atoms with Crippen molar-refractivity contribution in [2.45, 2.75) is 25.8 Å². The van der Waals surface area contributed by atoms with E-state index in [1.807, 2.05) is 12.1 Å². The fourth-order valence-corrected chi connectivity index (χ4v) is 1.79. The lowest BCUT2D eigenvalue weighted by atomic mass is 9.92. The predicted molar refractivity (Wildman–Crippen MR) is 52.8 cm³/mol. The molecule has 2 nitrogen and oxygen atoms in total. The Balaban J connectivity index is 2.32. The van der Waals surface area contributed by atoms with Gasteiger partial charge in [-0.3, -0.25) is 0 Å². The quantitative estimate of drug-likeness (QED) is 0.724. The van der Waals surface area contributed by atoms with Gasteiger partial charge in [0, 0.05) is 6.04 Å². The molecular formula is C11H15NO. The van der Waals surface area contributed by atoms with Gasteiger partial charge in [-0.05, 0) is 42.6 Å². The number of rotatable bonds is 2. The minimum atomic E-state index is 0.375. The Kier molecular flexibility index (Phi) is 2.23. The number of phenolic OH excluding ortho intramolecular Hbond substituents is 1. The molecule has 0 saturated carbocycles. The van der Waals surface area contributed by atoms with Crippen LogP contribution in [0.2, 0.25) is 0 Å². The van der Waals surface area contributed by atoms with Crippen LogP contribution in [0.15, 0.2) is 18.2 Å². The maximum absolute atomic E-state index is 9.32. The van der Waals surface area contributed by atoms with Crippen molar-refractivity contribution < 1.29 is 5.11 Å². The van der Waals surface area contributed by atoms with Crippen LogP contribution in [0.4, 0.5) is 0 Å². The molecule has 1 aromatic carbocycles. The fourth-order valence-electron chi connectivity index (χ4n) is 1.79. The first-order valence-electron chi connectivity index (χ1n) is 4.86. The van der Waals surface area contributed by atoms with E-state index >= 15 is 0 Å². The molecule has 0 radical (unpaired) electrons. The molecule has 2 rings (SSSR count). The molecule has 2 heteroatoms. The van der Waals surface area contributed by atoms with E-state index in [4.69, 9.17) is 0 Å². The summed E-state index contributed by atoms with van der Waals surface area (Å²) in [6.45, 7) is 3.24. The number of benzene rings is 1. The Morgan fingerprint density at radius 2 is 2.31 bits per heavy atom. The van der Waals surface area contributed by atoms with E-state index in [2.05, 4.69) is 12.2 Å². The van der Waals surface area contributed by atoms with Crippen LogP contribution in [0.5, 0.6) is 5.75 Å². The van der Waals surface area contributed by atoms with Crippen molar-refractivity contribution >= 4 is 0 Å². The number of phenols is 1. The third-order valence-corrected chi connectivity index (χ3v) is 2.71.